The van der Waals surface area contributed by atoms with Crippen LogP contribution in [0.4, 0.5) is 5.69 Å². The number of methoxy groups -OCH3 is 1. The number of hydrogen-bond acceptors (Lipinski definition) is 5. The number of nitrogens with zero attached hydrogens (tertiary/aromatic N) is 2. The Labute approximate surface area is 147 Å². The van der Waals surface area contributed by atoms with Gasteiger partial charge in [-0.25, -0.2) is 8.42 Å². The van der Waals surface area contributed by atoms with Gasteiger partial charge in [-0.2, -0.15) is 4.31 Å². The van der Waals surface area contributed by atoms with E-state index in [-0.39, 0.29) is 13.1 Å². The molecule has 1 aromatic carbocycles. The van der Waals surface area contributed by atoms with Crippen molar-refractivity contribution in [3.8, 4) is 5.75 Å². The summed E-state index contributed by atoms with van der Waals surface area (Å²) in [5.41, 5.74) is 2.16. The summed E-state index contributed by atoms with van der Waals surface area (Å²) in [5, 5.41) is 2.70. The Morgan fingerprint density at radius 2 is 2.08 bits per heavy atom. The van der Waals surface area contributed by atoms with Gasteiger partial charge in [0.25, 0.3) is 0 Å². The number of ether oxygens (including phenoxy) is 1. The normalized spacial score (nSPS) is 11.4. The maximum Gasteiger partial charge on any atom is 0.239 e. The van der Waals surface area contributed by atoms with E-state index in [9.17, 15) is 13.2 Å². The van der Waals surface area contributed by atoms with Crippen molar-refractivity contribution in [1.82, 2.24) is 9.29 Å². The van der Waals surface area contributed by atoms with Crippen molar-refractivity contribution in [2.75, 3.05) is 25.2 Å². The molecule has 1 N–H and O–H groups in total. The quantitative estimate of drug-likeness (QED) is 0.810. The molecule has 0 aliphatic rings. The lowest BCUT2D eigenvalue weighted by Crippen LogP contribution is -2.37. The van der Waals surface area contributed by atoms with Crippen LogP contribution in [0.3, 0.4) is 0 Å². The summed E-state index contributed by atoms with van der Waals surface area (Å²) in [7, 11) is -2.06. The van der Waals surface area contributed by atoms with Gasteiger partial charge >= 0.3 is 0 Å². The van der Waals surface area contributed by atoms with Gasteiger partial charge in [0.05, 0.1) is 25.6 Å². The number of aryl methyl sites for hydroxylation is 1. The molecule has 0 atom stereocenters. The summed E-state index contributed by atoms with van der Waals surface area (Å²) < 4.78 is 30.3. The number of aromatic nitrogens is 1. The largest absolute Gasteiger partial charge is 0.495 e. The van der Waals surface area contributed by atoms with Crippen molar-refractivity contribution in [3.05, 3.63) is 53.9 Å². The molecule has 0 unspecified atom stereocenters. The SMILES string of the molecule is COc1ccc(C)cc1NC(=O)CN(Cc1cccnc1)S(C)(=O)=O. The van der Waals surface area contributed by atoms with Crippen LogP contribution < -0.4 is 10.1 Å². The minimum absolute atomic E-state index is 0.0745. The average Bonchev–Trinajstić information content (AvgIpc) is 2.54. The average molecular weight is 363 g/mol. The molecule has 1 heterocycles. The summed E-state index contributed by atoms with van der Waals surface area (Å²) >= 11 is 0. The molecule has 0 saturated carbocycles. The zero-order valence-corrected chi connectivity index (χ0v) is 15.2. The van der Waals surface area contributed by atoms with Gasteiger partial charge in [-0.3, -0.25) is 9.78 Å². The fourth-order valence-corrected chi connectivity index (χ4v) is 2.99. The minimum atomic E-state index is -3.56. The molecular weight excluding hydrogens is 342 g/mol. The number of benzene rings is 1. The van der Waals surface area contributed by atoms with Crippen LogP contribution in [-0.4, -0.2) is 43.5 Å². The van der Waals surface area contributed by atoms with Gasteiger partial charge in [-0.15, -0.1) is 0 Å². The van der Waals surface area contributed by atoms with E-state index in [1.807, 2.05) is 13.0 Å². The second kappa shape index (κ2) is 8.09. The second-order valence-electron chi connectivity index (χ2n) is 5.64. The number of carbonyl (C=O) groups excluding carboxylic acids is 1. The van der Waals surface area contributed by atoms with Crippen molar-refractivity contribution < 1.29 is 17.9 Å². The van der Waals surface area contributed by atoms with Gasteiger partial charge in [0, 0.05) is 18.9 Å². The van der Waals surface area contributed by atoms with E-state index >= 15 is 0 Å². The Morgan fingerprint density at radius 3 is 2.68 bits per heavy atom. The first-order valence-corrected chi connectivity index (χ1v) is 9.43. The number of hydrogen-bond donors (Lipinski definition) is 1. The molecule has 1 aromatic heterocycles. The van der Waals surface area contributed by atoms with Crippen LogP contribution in [0.1, 0.15) is 11.1 Å². The summed E-state index contributed by atoms with van der Waals surface area (Å²) in [6.45, 7) is 1.66. The maximum absolute atomic E-state index is 12.4. The van der Waals surface area contributed by atoms with Crippen molar-refractivity contribution in [2.45, 2.75) is 13.5 Å². The highest BCUT2D eigenvalue weighted by Gasteiger charge is 2.21. The van der Waals surface area contributed by atoms with Crippen LogP contribution in [-0.2, 0) is 21.4 Å². The number of pyridine rings is 1. The summed E-state index contributed by atoms with van der Waals surface area (Å²) in [5.74, 6) is 0.0651. The van der Waals surface area contributed by atoms with E-state index in [4.69, 9.17) is 4.74 Å². The molecule has 1 amide bonds. The van der Waals surface area contributed by atoms with E-state index in [0.717, 1.165) is 16.1 Å². The van der Waals surface area contributed by atoms with Gasteiger partial charge in [-0.1, -0.05) is 12.1 Å². The van der Waals surface area contributed by atoms with E-state index < -0.39 is 15.9 Å². The van der Waals surface area contributed by atoms with Crippen molar-refractivity contribution in [1.29, 1.82) is 0 Å². The van der Waals surface area contributed by atoms with Gasteiger partial charge in [-0.05, 0) is 36.2 Å². The number of anilines is 1. The topological polar surface area (TPSA) is 88.6 Å². The Balaban J connectivity index is 2.14. The molecule has 0 saturated heterocycles. The number of sulfonamides is 1. The first kappa shape index (κ1) is 18.9. The first-order chi connectivity index (χ1) is 11.8. The van der Waals surface area contributed by atoms with Gasteiger partial charge < -0.3 is 10.1 Å². The Hall–Kier alpha value is -2.45. The monoisotopic (exact) mass is 363 g/mol. The van der Waals surface area contributed by atoms with Crippen LogP contribution in [0.15, 0.2) is 42.7 Å². The highest BCUT2D eigenvalue weighted by atomic mass is 32.2. The van der Waals surface area contributed by atoms with Crippen LogP contribution in [0.25, 0.3) is 0 Å². The molecular formula is C17H21N3O4S. The first-order valence-electron chi connectivity index (χ1n) is 7.58. The summed E-state index contributed by atoms with van der Waals surface area (Å²) in [6, 6.07) is 8.84. The fraction of sp³-hybridized carbons (Fsp3) is 0.294. The molecule has 0 spiro atoms. The Kier molecular flexibility index (Phi) is 6.11. The van der Waals surface area contributed by atoms with E-state index in [1.165, 1.54) is 7.11 Å². The van der Waals surface area contributed by atoms with Crippen LogP contribution in [0, 0.1) is 6.92 Å². The van der Waals surface area contributed by atoms with E-state index in [2.05, 4.69) is 10.3 Å². The molecule has 0 bridgehead atoms. The minimum Gasteiger partial charge on any atom is -0.495 e. The third-order valence-electron chi connectivity index (χ3n) is 3.50. The summed E-state index contributed by atoms with van der Waals surface area (Å²) in [4.78, 5) is 16.3. The Morgan fingerprint density at radius 1 is 1.32 bits per heavy atom. The maximum atomic E-state index is 12.4. The molecule has 0 aliphatic heterocycles. The smallest absolute Gasteiger partial charge is 0.239 e. The third kappa shape index (κ3) is 5.54. The van der Waals surface area contributed by atoms with Crippen molar-refractivity contribution in [3.63, 3.8) is 0 Å². The highest BCUT2D eigenvalue weighted by Crippen LogP contribution is 2.25. The standard InChI is InChI=1S/C17H21N3O4S/c1-13-6-7-16(24-2)15(9-13)19-17(21)12-20(25(3,22)23)11-14-5-4-8-18-10-14/h4-10H,11-12H2,1-3H3,(H,19,21). The Bertz CT molecular complexity index is 838. The summed E-state index contributed by atoms with van der Waals surface area (Å²) in [6.07, 6.45) is 4.24. The fourth-order valence-electron chi connectivity index (χ4n) is 2.26. The van der Waals surface area contributed by atoms with Gasteiger partial charge in [0.2, 0.25) is 15.9 Å². The molecule has 8 heteroatoms. The highest BCUT2D eigenvalue weighted by molar-refractivity contribution is 7.88. The molecule has 25 heavy (non-hydrogen) atoms. The predicted octanol–water partition coefficient (Wildman–Crippen LogP) is 1.80. The lowest BCUT2D eigenvalue weighted by molar-refractivity contribution is -0.116. The van der Waals surface area contributed by atoms with Crippen LogP contribution in [0.2, 0.25) is 0 Å². The van der Waals surface area contributed by atoms with Gasteiger partial charge in [0.1, 0.15) is 5.75 Å². The predicted molar refractivity (Wildman–Crippen MR) is 95.9 cm³/mol. The number of carbonyl (C=O) groups is 1. The van der Waals surface area contributed by atoms with Crippen LogP contribution in [0.5, 0.6) is 5.75 Å². The lowest BCUT2D eigenvalue weighted by atomic mass is 10.2. The molecule has 2 rings (SSSR count). The zero-order valence-electron chi connectivity index (χ0n) is 14.4. The number of amides is 1. The van der Waals surface area contributed by atoms with Gasteiger partial charge in [0.15, 0.2) is 0 Å². The van der Waals surface area contributed by atoms with E-state index in [1.54, 1.807) is 36.7 Å². The number of nitrogens with one attached hydrogen (secondary N) is 1. The van der Waals surface area contributed by atoms with Crippen molar-refractivity contribution in [2.24, 2.45) is 0 Å². The lowest BCUT2D eigenvalue weighted by Gasteiger charge is -2.20. The van der Waals surface area contributed by atoms with Crippen molar-refractivity contribution >= 4 is 21.6 Å². The van der Waals surface area contributed by atoms with E-state index in [0.29, 0.717) is 17.0 Å². The molecule has 2 aromatic rings. The zero-order chi connectivity index (χ0) is 18.4. The molecule has 0 radical (unpaired) electrons. The molecule has 7 nitrogen and oxygen atoms in total. The third-order valence-corrected chi connectivity index (χ3v) is 4.70. The second-order valence-corrected chi connectivity index (χ2v) is 7.63. The molecule has 0 aliphatic carbocycles. The van der Waals surface area contributed by atoms with Crippen LogP contribution >= 0.6 is 0 Å². The molecule has 0 fully saturated rings. The molecule has 134 valence electrons. The number of rotatable bonds is 7.